The van der Waals surface area contributed by atoms with Gasteiger partial charge in [-0.25, -0.2) is 13.2 Å². The number of benzene rings is 1. The van der Waals surface area contributed by atoms with Crippen molar-refractivity contribution in [2.45, 2.75) is 38.8 Å². The van der Waals surface area contributed by atoms with Gasteiger partial charge in [0.2, 0.25) is 0 Å². The zero-order valence-corrected chi connectivity index (χ0v) is 11.4. The first-order valence-electron chi connectivity index (χ1n) is 6.52. The zero-order valence-electron chi connectivity index (χ0n) is 11.4. The Hall–Kier alpha value is -1.23. The van der Waals surface area contributed by atoms with Crippen LogP contribution in [0.25, 0.3) is 0 Å². The Kier molecular flexibility index (Phi) is 3.76. The second kappa shape index (κ2) is 5.04. The number of nitrogens with zero attached hydrogens (tertiary/aromatic N) is 1. The van der Waals surface area contributed by atoms with Crippen LogP contribution in [-0.2, 0) is 0 Å². The Morgan fingerprint density at radius 1 is 1.32 bits per heavy atom. The van der Waals surface area contributed by atoms with E-state index in [-0.39, 0.29) is 17.3 Å². The van der Waals surface area contributed by atoms with Crippen LogP contribution in [0.2, 0.25) is 0 Å². The molecule has 1 aliphatic rings. The molecule has 2 unspecified atom stereocenters. The van der Waals surface area contributed by atoms with Gasteiger partial charge >= 0.3 is 0 Å². The molecule has 2 nitrogen and oxygen atoms in total. The van der Waals surface area contributed by atoms with Gasteiger partial charge in [-0.2, -0.15) is 0 Å². The highest BCUT2D eigenvalue weighted by molar-refractivity contribution is 5.51. The average molecular weight is 272 g/mol. The lowest BCUT2D eigenvalue weighted by atomic mass is 9.93. The summed E-state index contributed by atoms with van der Waals surface area (Å²) in [7, 11) is 0. The highest BCUT2D eigenvalue weighted by atomic mass is 19.1. The van der Waals surface area contributed by atoms with Gasteiger partial charge < -0.3 is 10.2 Å². The molecule has 19 heavy (non-hydrogen) atoms. The van der Waals surface area contributed by atoms with Crippen molar-refractivity contribution >= 4 is 5.69 Å². The van der Waals surface area contributed by atoms with Crippen molar-refractivity contribution in [1.82, 2.24) is 5.32 Å². The Balaban J connectivity index is 2.39. The fraction of sp³-hybridized carbons (Fsp3) is 0.571. The van der Waals surface area contributed by atoms with Gasteiger partial charge in [-0.05, 0) is 20.3 Å². The fourth-order valence-corrected chi connectivity index (χ4v) is 2.44. The molecule has 5 heteroatoms. The predicted octanol–water partition coefficient (Wildman–Crippen LogP) is 3.07. The number of hydrogen-bond acceptors (Lipinski definition) is 2. The largest absolute Gasteiger partial charge is 0.361 e. The van der Waals surface area contributed by atoms with Crippen LogP contribution in [0.4, 0.5) is 18.9 Å². The van der Waals surface area contributed by atoms with Gasteiger partial charge in [-0.3, -0.25) is 0 Å². The Morgan fingerprint density at radius 2 is 1.89 bits per heavy atom. The maximum atomic E-state index is 13.9. The topological polar surface area (TPSA) is 15.3 Å². The van der Waals surface area contributed by atoms with Crippen molar-refractivity contribution in [2.75, 3.05) is 18.0 Å². The minimum absolute atomic E-state index is 0.0471. The van der Waals surface area contributed by atoms with Crippen LogP contribution in [0, 0.1) is 17.5 Å². The first-order chi connectivity index (χ1) is 8.86. The van der Waals surface area contributed by atoms with Crippen LogP contribution < -0.4 is 10.2 Å². The van der Waals surface area contributed by atoms with Crippen LogP contribution >= 0.6 is 0 Å². The van der Waals surface area contributed by atoms with E-state index in [0.29, 0.717) is 13.1 Å². The molecule has 1 fully saturated rings. The van der Waals surface area contributed by atoms with Crippen molar-refractivity contribution in [2.24, 2.45) is 0 Å². The summed E-state index contributed by atoms with van der Waals surface area (Å²) in [4.78, 5) is 1.68. The number of hydrogen-bond donors (Lipinski definition) is 1. The lowest BCUT2D eigenvalue weighted by molar-refractivity contribution is 0.282. The van der Waals surface area contributed by atoms with Crippen molar-refractivity contribution in [3.05, 3.63) is 29.6 Å². The summed E-state index contributed by atoms with van der Waals surface area (Å²) < 4.78 is 40.7. The molecule has 0 radical (unpaired) electrons. The van der Waals surface area contributed by atoms with Crippen LogP contribution in [-0.4, -0.2) is 24.7 Å². The second-order valence-corrected chi connectivity index (χ2v) is 5.49. The molecule has 0 saturated carbocycles. The van der Waals surface area contributed by atoms with E-state index in [1.165, 1.54) is 0 Å². The third-order valence-electron chi connectivity index (χ3n) is 3.92. The van der Waals surface area contributed by atoms with Crippen molar-refractivity contribution < 1.29 is 13.2 Å². The van der Waals surface area contributed by atoms with Gasteiger partial charge in [0.15, 0.2) is 11.6 Å². The summed E-state index contributed by atoms with van der Waals surface area (Å²) in [6.45, 7) is 7.07. The number of anilines is 1. The summed E-state index contributed by atoms with van der Waals surface area (Å²) in [6, 6.07) is 1.42. The van der Waals surface area contributed by atoms with Crippen LogP contribution in [0.5, 0.6) is 0 Å². The molecule has 1 saturated heterocycles. The minimum Gasteiger partial charge on any atom is -0.361 e. The average Bonchev–Trinajstić information content (AvgIpc) is 2.32. The molecular formula is C14H19F3N2. The number of rotatable bonds is 2. The van der Waals surface area contributed by atoms with Crippen molar-refractivity contribution in [3.63, 3.8) is 0 Å². The van der Waals surface area contributed by atoms with Crippen LogP contribution in [0.3, 0.4) is 0 Å². The van der Waals surface area contributed by atoms with E-state index in [0.717, 1.165) is 18.6 Å². The van der Waals surface area contributed by atoms with Crippen molar-refractivity contribution in [1.29, 1.82) is 0 Å². The van der Waals surface area contributed by atoms with Gasteiger partial charge in [-0.15, -0.1) is 0 Å². The molecule has 2 atom stereocenters. The number of nitrogens with one attached hydrogen (secondary N) is 1. The normalized spacial score (nSPS) is 27.7. The monoisotopic (exact) mass is 272 g/mol. The minimum atomic E-state index is -0.889. The van der Waals surface area contributed by atoms with E-state index >= 15 is 0 Å². The Morgan fingerprint density at radius 3 is 2.42 bits per heavy atom. The Labute approximate surface area is 111 Å². The van der Waals surface area contributed by atoms with E-state index < -0.39 is 17.5 Å². The highest BCUT2D eigenvalue weighted by Crippen LogP contribution is 2.30. The SMILES string of the molecule is CCC1(C)CN(c2c(F)cc(F)cc2F)C(C)CN1. The van der Waals surface area contributed by atoms with E-state index in [9.17, 15) is 13.2 Å². The smallest absolute Gasteiger partial charge is 0.152 e. The predicted molar refractivity (Wildman–Crippen MR) is 69.8 cm³/mol. The Bertz CT molecular complexity index is 455. The lowest BCUT2D eigenvalue weighted by Crippen LogP contribution is -2.62. The molecule has 1 aromatic rings. The maximum absolute atomic E-state index is 13.9. The lowest BCUT2D eigenvalue weighted by Gasteiger charge is -2.46. The molecule has 0 aromatic heterocycles. The molecule has 0 spiro atoms. The number of halogens is 3. The molecule has 1 aliphatic heterocycles. The first-order valence-corrected chi connectivity index (χ1v) is 6.52. The third kappa shape index (κ3) is 2.71. The summed E-state index contributed by atoms with van der Waals surface area (Å²) in [6.07, 6.45) is 0.848. The molecule has 1 aromatic carbocycles. The first kappa shape index (κ1) is 14.2. The number of piperazine rings is 1. The van der Waals surface area contributed by atoms with Gasteiger partial charge in [0, 0.05) is 36.8 Å². The molecular weight excluding hydrogens is 253 g/mol. The van der Waals surface area contributed by atoms with Gasteiger partial charge in [0.05, 0.1) is 0 Å². The van der Waals surface area contributed by atoms with Gasteiger partial charge in [0.1, 0.15) is 11.5 Å². The maximum Gasteiger partial charge on any atom is 0.152 e. The standard InChI is InChI=1S/C14H19F3N2/c1-4-14(3)8-19(9(2)7-18-14)13-11(16)5-10(15)6-12(13)17/h5-6,9,18H,4,7-8H2,1-3H3. The van der Waals surface area contributed by atoms with Crippen LogP contribution in [0.15, 0.2) is 12.1 Å². The fourth-order valence-electron chi connectivity index (χ4n) is 2.44. The molecule has 2 rings (SSSR count). The quantitative estimate of drug-likeness (QED) is 0.890. The molecule has 0 aliphatic carbocycles. The van der Waals surface area contributed by atoms with Gasteiger partial charge in [0.25, 0.3) is 0 Å². The molecule has 1 heterocycles. The van der Waals surface area contributed by atoms with Gasteiger partial charge in [-0.1, -0.05) is 6.92 Å². The summed E-state index contributed by atoms with van der Waals surface area (Å²) in [5, 5.41) is 3.38. The van der Waals surface area contributed by atoms with Crippen LogP contribution in [0.1, 0.15) is 27.2 Å². The summed E-state index contributed by atoms with van der Waals surface area (Å²) >= 11 is 0. The highest BCUT2D eigenvalue weighted by Gasteiger charge is 2.35. The van der Waals surface area contributed by atoms with E-state index in [1.807, 2.05) is 20.8 Å². The van der Waals surface area contributed by atoms with E-state index in [1.54, 1.807) is 4.90 Å². The summed E-state index contributed by atoms with van der Waals surface area (Å²) in [5.74, 6) is -2.57. The van der Waals surface area contributed by atoms with Crippen molar-refractivity contribution in [3.8, 4) is 0 Å². The van der Waals surface area contributed by atoms with E-state index in [4.69, 9.17) is 0 Å². The second-order valence-electron chi connectivity index (χ2n) is 5.49. The molecule has 0 bridgehead atoms. The molecule has 0 amide bonds. The third-order valence-corrected chi connectivity index (χ3v) is 3.92. The summed E-state index contributed by atoms with van der Waals surface area (Å²) in [5.41, 5.74) is -0.324. The molecule has 1 N–H and O–H groups in total. The zero-order chi connectivity index (χ0) is 14.2. The van der Waals surface area contributed by atoms with E-state index in [2.05, 4.69) is 5.32 Å². The molecule has 106 valence electrons.